The van der Waals surface area contributed by atoms with E-state index in [1.54, 1.807) is 0 Å². The van der Waals surface area contributed by atoms with Crippen LogP contribution in [0, 0.1) is 11.6 Å². The fraction of sp³-hybridized carbons (Fsp3) is 0.300. The zero-order valence-electron chi connectivity index (χ0n) is 16.2. The largest absolute Gasteiger partial charge is 0.503 e. The molecule has 5 rings (SSSR count). The van der Waals surface area contributed by atoms with Crippen molar-refractivity contribution >= 4 is 17.2 Å². The van der Waals surface area contributed by atoms with Crippen LogP contribution in [0.5, 0.6) is 5.75 Å². The molecular formula is C20H14F4N4O3S. The van der Waals surface area contributed by atoms with Crippen LogP contribution < -0.4 is 5.43 Å². The van der Waals surface area contributed by atoms with Gasteiger partial charge in [0.25, 0.3) is 11.8 Å². The number of pyridine rings is 1. The highest BCUT2D eigenvalue weighted by molar-refractivity contribution is 7.17. The van der Waals surface area contributed by atoms with E-state index in [1.807, 2.05) is 0 Å². The van der Waals surface area contributed by atoms with Gasteiger partial charge in [-0.25, -0.2) is 17.6 Å². The number of carbonyl (C=O) groups excluding carboxylic acids is 1. The maximum atomic E-state index is 14.2. The van der Waals surface area contributed by atoms with Crippen molar-refractivity contribution in [3.8, 4) is 26.9 Å². The first-order chi connectivity index (χ1) is 15.1. The molecule has 0 radical (unpaired) electrons. The molecule has 12 heteroatoms. The molecule has 1 fully saturated rings. The molecule has 1 aromatic carbocycles. The van der Waals surface area contributed by atoms with Gasteiger partial charge < -0.3 is 14.6 Å². The van der Waals surface area contributed by atoms with Gasteiger partial charge in [-0.3, -0.25) is 9.59 Å². The third-order valence-corrected chi connectivity index (χ3v) is 6.61. The zero-order chi connectivity index (χ0) is 22.8. The average molecular weight is 466 g/mol. The average Bonchev–Trinajstić information content (AvgIpc) is 3.15. The second kappa shape index (κ2) is 7.12. The van der Waals surface area contributed by atoms with Crippen LogP contribution in [0.3, 0.4) is 0 Å². The fourth-order valence-corrected chi connectivity index (χ4v) is 4.93. The number of rotatable bonds is 2. The Balaban J connectivity index is 1.63. The van der Waals surface area contributed by atoms with E-state index in [9.17, 15) is 32.3 Å². The van der Waals surface area contributed by atoms with E-state index >= 15 is 0 Å². The molecule has 1 N–H and O–H groups in total. The molecule has 2 bridgehead atoms. The predicted octanol–water partition coefficient (Wildman–Crippen LogP) is 3.44. The first-order valence-corrected chi connectivity index (χ1v) is 10.4. The van der Waals surface area contributed by atoms with Crippen molar-refractivity contribution in [2.24, 2.45) is 0 Å². The second-order valence-corrected chi connectivity index (χ2v) is 8.71. The molecule has 0 aliphatic carbocycles. The Morgan fingerprint density at radius 3 is 2.56 bits per heavy atom. The van der Waals surface area contributed by atoms with Crippen molar-refractivity contribution in [1.29, 1.82) is 0 Å². The second-order valence-electron chi connectivity index (χ2n) is 7.73. The lowest BCUT2D eigenvalue weighted by Crippen LogP contribution is -2.43. The minimum atomic E-state index is -3.02. The molecule has 1 saturated heterocycles. The minimum absolute atomic E-state index is 0.00501. The Morgan fingerprint density at radius 1 is 1.12 bits per heavy atom. The SMILES string of the molecule is O=C1c2c(O)c(=O)c(-c3nnc(-c4ccc(F)cc4F)s3)cn2C2CN1CCC(F)(F)C2. The Labute approximate surface area is 181 Å². The van der Waals surface area contributed by atoms with E-state index in [4.69, 9.17) is 0 Å². The number of hydrogen-bond donors (Lipinski definition) is 1. The van der Waals surface area contributed by atoms with Crippen molar-refractivity contribution in [2.45, 2.75) is 24.8 Å². The lowest BCUT2D eigenvalue weighted by Gasteiger charge is -2.34. The molecule has 4 heterocycles. The van der Waals surface area contributed by atoms with Crippen LogP contribution in [0.2, 0.25) is 0 Å². The lowest BCUT2D eigenvalue weighted by atomic mass is 10.0. The maximum Gasteiger partial charge on any atom is 0.274 e. The number of halogens is 4. The van der Waals surface area contributed by atoms with Crippen LogP contribution in [-0.4, -0.2) is 49.7 Å². The number of fused-ring (bicyclic) bond motifs is 4. The Hall–Kier alpha value is -3.28. The molecular weight excluding hydrogens is 452 g/mol. The summed E-state index contributed by atoms with van der Waals surface area (Å²) in [5.41, 5.74) is -1.46. The molecule has 0 saturated carbocycles. The molecule has 2 aliphatic rings. The Morgan fingerprint density at radius 2 is 1.84 bits per heavy atom. The highest BCUT2D eigenvalue weighted by Gasteiger charge is 2.44. The molecule has 166 valence electrons. The van der Waals surface area contributed by atoms with Gasteiger partial charge in [-0.2, -0.15) is 0 Å². The molecule has 2 aliphatic heterocycles. The minimum Gasteiger partial charge on any atom is -0.503 e. The number of hydrogen-bond acceptors (Lipinski definition) is 6. The van der Waals surface area contributed by atoms with Crippen molar-refractivity contribution < 1.29 is 27.5 Å². The fourth-order valence-electron chi connectivity index (χ4n) is 4.05. The number of aromatic nitrogens is 3. The summed E-state index contributed by atoms with van der Waals surface area (Å²) in [6.07, 6.45) is 0.141. The van der Waals surface area contributed by atoms with E-state index < -0.39 is 53.5 Å². The molecule has 32 heavy (non-hydrogen) atoms. The van der Waals surface area contributed by atoms with Crippen molar-refractivity contribution in [1.82, 2.24) is 19.7 Å². The number of carbonyl (C=O) groups is 1. The van der Waals surface area contributed by atoms with Crippen molar-refractivity contribution in [2.75, 3.05) is 13.1 Å². The van der Waals surface area contributed by atoms with Crippen LogP contribution in [-0.2, 0) is 0 Å². The first kappa shape index (κ1) is 20.6. The standard InChI is InChI=1S/C20H14F4N4O3S/c21-9-1-2-11(13(22)5-9)17-25-26-18(32-17)12-8-28-10-6-20(23,24)3-4-27(7-10)19(31)14(28)16(30)15(12)29/h1-2,5,8,10,30H,3-4,6-7H2. The monoisotopic (exact) mass is 466 g/mol. The van der Waals surface area contributed by atoms with Gasteiger partial charge in [0.1, 0.15) is 11.6 Å². The summed E-state index contributed by atoms with van der Waals surface area (Å²) in [7, 11) is 0. The molecule has 1 atom stereocenters. The van der Waals surface area contributed by atoms with Gasteiger partial charge in [0.05, 0.1) is 11.6 Å². The van der Waals surface area contributed by atoms with E-state index in [0.717, 1.165) is 17.4 Å². The Bertz CT molecular complexity index is 1320. The van der Waals surface area contributed by atoms with E-state index in [1.165, 1.54) is 21.7 Å². The van der Waals surface area contributed by atoms with E-state index in [0.29, 0.717) is 6.07 Å². The highest BCUT2D eigenvalue weighted by Crippen LogP contribution is 2.40. The molecule has 1 amide bonds. The summed E-state index contributed by atoms with van der Waals surface area (Å²) >= 11 is 0.808. The first-order valence-electron chi connectivity index (χ1n) is 9.59. The van der Waals surface area contributed by atoms with Crippen LogP contribution >= 0.6 is 11.3 Å². The smallest absolute Gasteiger partial charge is 0.274 e. The summed E-state index contributed by atoms with van der Waals surface area (Å²) in [6.45, 7) is -0.161. The van der Waals surface area contributed by atoms with Gasteiger partial charge in [-0.05, 0) is 12.1 Å². The van der Waals surface area contributed by atoms with Crippen molar-refractivity contribution in [3.05, 3.63) is 51.9 Å². The van der Waals surface area contributed by atoms with Gasteiger partial charge in [0, 0.05) is 43.8 Å². The van der Waals surface area contributed by atoms with Gasteiger partial charge in [0.15, 0.2) is 21.5 Å². The lowest BCUT2D eigenvalue weighted by molar-refractivity contribution is -0.0202. The van der Waals surface area contributed by atoms with Gasteiger partial charge >= 0.3 is 0 Å². The number of amides is 1. The molecule has 2 aromatic heterocycles. The Kier molecular flexibility index (Phi) is 4.59. The van der Waals surface area contributed by atoms with Crippen LogP contribution in [0.15, 0.2) is 29.2 Å². The summed E-state index contributed by atoms with van der Waals surface area (Å²) < 4.78 is 56.9. The highest BCUT2D eigenvalue weighted by atomic mass is 32.1. The zero-order valence-corrected chi connectivity index (χ0v) is 17.0. The normalized spacial score (nSPS) is 19.6. The van der Waals surface area contributed by atoms with Crippen LogP contribution in [0.4, 0.5) is 17.6 Å². The van der Waals surface area contributed by atoms with Gasteiger partial charge in [0.2, 0.25) is 5.43 Å². The summed E-state index contributed by atoms with van der Waals surface area (Å²) in [5, 5.41) is 18.3. The van der Waals surface area contributed by atoms with E-state index in [2.05, 4.69) is 10.2 Å². The van der Waals surface area contributed by atoms with Gasteiger partial charge in [-0.1, -0.05) is 11.3 Å². The summed E-state index contributed by atoms with van der Waals surface area (Å²) in [4.78, 5) is 26.7. The van der Waals surface area contributed by atoms with Crippen LogP contribution in [0.1, 0.15) is 29.4 Å². The van der Waals surface area contributed by atoms with Crippen molar-refractivity contribution in [3.63, 3.8) is 0 Å². The number of nitrogens with zero attached hydrogens (tertiary/aromatic N) is 4. The third-order valence-electron chi connectivity index (χ3n) is 5.62. The maximum absolute atomic E-state index is 14.2. The predicted molar refractivity (Wildman–Crippen MR) is 106 cm³/mol. The topological polar surface area (TPSA) is 88.3 Å². The summed E-state index contributed by atoms with van der Waals surface area (Å²) in [6, 6.07) is 2.04. The number of alkyl halides is 2. The number of benzene rings is 1. The third kappa shape index (κ3) is 3.25. The van der Waals surface area contributed by atoms with Crippen LogP contribution in [0.25, 0.3) is 21.1 Å². The molecule has 0 spiro atoms. The van der Waals surface area contributed by atoms with E-state index in [-0.39, 0.29) is 39.9 Å². The quantitative estimate of drug-likeness (QED) is 0.585. The molecule has 1 unspecified atom stereocenters. The molecule has 3 aromatic rings. The summed E-state index contributed by atoms with van der Waals surface area (Å²) in [5.74, 6) is -6.23. The number of aromatic hydroxyl groups is 1. The van der Waals surface area contributed by atoms with Gasteiger partial charge in [-0.15, -0.1) is 10.2 Å². The molecule has 7 nitrogen and oxygen atoms in total.